The van der Waals surface area contributed by atoms with Crippen LogP contribution in [-0.4, -0.2) is 87.7 Å². The van der Waals surface area contributed by atoms with Crippen LogP contribution in [0, 0.1) is 137 Å². The number of hydrogen-bond donors (Lipinski definition) is 5. The van der Waals surface area contributed by atoms with Gasteiger partial charge < -0.3 is 67.3 Å². The Labute approximate surface area is 815 Å². The molecule has 0 aliphatic heterocycles. The maximum atomic E-state index is 13.2. The first kappa shape index (κ1) is 122. The fourth-order valence-electron chi connectivity index (χ4n) is 8.37. The number of aliphatic hydroxyl groups excluding tert-OH is 2. The Bertz CT molecular complexity index is 5580. The van der Waals surface area contributed by atoms with Crippen molar-refractivity contribution in [3.8, 4) is 56.3 Å². The Morgan fingerprint density at radius 1 is 0.376 bits per heavy atom. The number of allylic oxidation sites excluding steroid dienone is 7. The van der Waals surface area contributed by atoms with Crippen LogP contribution in [-0.2, 0) is 110 Å². The van der Waals surface area contributed by atoms with Crippen LogP contribution < -0.4 is 16.0 Å². The first-order valence-corrected chi connectivity index (χ1v) is 35.3. The van der Waals surface area contributed by atoms with Gasteiger partial charge in [0, 0.05) is 130 Å². The van der Waals surface area contributed by atoms with Crippen molar-refractivity contribution >= 4 is 47.3 Å². The zero-order valence-corrected chi connectivity index (χ0v) is 79.4. The summed E-state index contributed by atoms with van der Waals surface area (Å²) in [6, 6.07) is 64.5. The molecule has 5 N–H and O–H groups in total. The van der Waals surface area contributed by atoms with Crippen molar-refractivity contribution in [2.24, 2.45) is 0 Å². The van der Waals surface area contributed by atoms with Gasteiger partial charge in [-0.2, -0.15) is 63.2 Å². The predicted molar refractivity (Wildman–Crippen MR) is 440 cm³/mol. The average Bonchev–Trinajstić information content (AvgIpc) is 0.837. The van der Waals surface area contributed by atoms with Crippen molar-refractivity contribution in [1.29, 1.82) is 0 Å². The summed E-state index contributed by atoms with van der Waals surface area (Å²) in [6.45, 7) is 4.90. The molecule has 0 unspecified atom stereocenters. The van der Waals surface area contributed by atoms with Gasteiger partial charge in [0.15, 0.2) is 5.78 Å². The summed E-state index contributed by atoms with van der Waals surface area (Å²) < 4.78 is 246. The second-order valence-corrected chi connectivity index (χ2v) is 23.6. The fraction of sp³-hybridized carbons (Fsp3) is 0.0549. The molecule has 6 aromatic carbocycles. The number of aryl methyl sites for hydroxylation is 1. The first-order valence-electron chi connectivity index (χ1n) is 35.3. The molecule has 700 valence electrons. The number of nitrogens with zero attached hydrogens (tertiary/aromatic N) is 10. The number of carbonyl (C=O) groups excluding carboxylic acids is 2. The van der Waals surface area contributed by atoms with Crippen LogP contribution in [0.15, 0.2) is 273 Å². The molecule has 0 amide bonds. The number of rotatable bonds is 16. The summed E-state index contributed by atoms with van der Waals surface area (Å²) >= 11 is 0. The van der Waals surface area contributed by atoms with Gasteiger partial charge in [0.25, 0.3) is 5.78 Å². The summed E-state index contributed by atoms with van der Waals surface area (Å²) in [6.07, 6.45) is 7.02. The van der Waals surface area contributed by atoms with Gasteiger partial charge in [0.1, 0.15) is 35.4 Å². The fourth-order valence-corrected chi connectivity index (χ4v) is 8.37. The third kappa shape index (κ3) is 49.4. The van der Waals surface area contributed by atoms with E-state index in [0.717, 1.165) is 126 Å². The summed E-state index contributed by atoms with van der Waals surface area (Å²) in [5, 5.41) is 48.4. The molecule has 0 saturated carbocycles. The predicted octanol–water partition coefficient (Wildman–Crippen LogP) is 23.1. The molecule has 7 heterocycles. The van der Waals surface area contributed by atoms with Crippen molar-refractivity contribution < 1.29 is 208 Å². The topological polar surface area (TPSA) is 268 Å². The SMILES string of the molecule is CC(=O)C=C(C)O.Cc1c[c-]c(-c2ccccn2)cc1.Fc1c[c-]c(-c2ccccn2)c(F)c1.Fc1ccnc(-c2[c-]cc(F)nc2F)c1.Fc1ccnc(-c2[c-]cc(F)nc2F)c1.O=C(C=C(O)C(F)(F)F)C(F)(F)F.[Ir+3].[Ir+3].[Ir+3].[Ir].[Ir].[N-]=C/C=C\Nc1[c-]cc(F)cc1F.[N-]=C/C=C\Nc1[c-]cc(F)cc1F.[N-]=C/C=C\Nc1[c-]cc(F)cc1F.[c-]1ccccc1-c1ccccn1. The first-order chi connectivity index (χ1) is 60.8. The van der Waals surface area contributed by atoms with Crippen molar-refractivity contribution in [3.05, 3.63) is 426 Å². The van der Waals surface area contributed by atoms with E-state index in [0.29, 0.717) is 5.69 Å². The van der Waals surface area contributed by atoms with Crippen LogP contribution in [0.25, 0.3) is 72.5 Å². The number of anilines is 3. The monoisotopic (exact) mass is 2740 g/mol. The van der Waals surface area contributed by atoms with Crippen LogP contribution in [0.3, 0.4) is 0 Å². The summed E-state index contributed by atoms with van der Waals surface area (Å²) in [7, 11) is 0. The van der Waals surface area contributed by atoms with E-state index in [-0.39, 0.29) is 157 Å². The number of alkyl halides is 6. The molecule has 0 atom stereocenters. The molecule has 133 heavy (non-hydrogen) atoms. The molecule has 13 aromatic rings. The zero-order chi connectivity index (χ0) is 94.7. The Hall–Kier alpha value is -12.7. The van der Waals surface area contributed by atoms with Gasteiger partial charge in [-0.05, 0) is 120 Å². The van der Waals surface area contributed by atoms with Crippen molar-refractivity contribution in [2.75, 3.05) is 16.0 Å². The average molecular weight is 2740 g/mol. The van der Waals surface area contributed by atoms with Gasteiger partial charge >= 0.3 is 72.7 Å². The van der Waals surface area contributed by atoms with Crippen LogP contribution >= 0.6 is 0 Å². The summed E-state index contributed by atoms with van der Waals surface area (Å²) in [5.74, 6) is -16.1. The standard InChI is InChI=1S/C12H10N.C11H6F2N.C11H8N.2C10H4F3N2.3C9H6F2N2.C5H2F6O2.C5H8O2.5Ir/c1-10-5-7-11(8-6-10)12-4-2-3-9-13-12;12-8-4-5-9(10(13)7-8)11-3-1-2-6-14-11;1-2-6-10(7-3-1)11-8-4-5-9-12-11;2*11-6-3-4-14-8(5-6)7-1-2-9(12)15-10(7)13;3*10-7-2-3-9(8(11)6-7)13-5-1-4-12;6-4(7,8)2(12)1-3(13)5(9,10)11;1-4(6)3-5(2)7;;;;;/h2-7,9H,1H3;1-4,6-7H;1-6,8-9H;2*2-5H;3*1-2,4-6,13H;1,12H;3,6H,1-2H3;;;;;/q5*-1;3*-2;;;;;3*+3/b;;;;;3*5-1-;;;;;;;. The number of aliphatic hydroxyl groups is 2. The molecule has 2 radical (unpaired) electrons. The minimum atomic E-state index is -5.42. The number of ketones is 2. The van der Waals surface area contributed by atoms with Gasteiger partial charge in [0.05, 0.1) is 5.76 Å². The third-order valence-corrected chi connectivity index (χ3v) is 13.8. The quantitative estimate of drug-likeness (QED) is 0.0150. The van der Waals surface area contributed by atoms with Crippen LogP contribution in [0.5, 0.6) is 0 Å². The number of pyridine rings is 7. The van der Waals surface area contributed by atoms with E-state index in [4.69, 9.17) is 26.4 Å². The molecular weight excluding hydrogens is 2680 g/mol. The van der Waals surface area contributed by atoms with Gasteiger partial charge in [0.2, 0.25) is 5.76 Å². The van der Waals surface area contributed by atoms with E-state index in [1.54, 1.807) is 36.8 Å². The van der Waals surface area contributed by atoms with Gasteiger partial charge in [-0.25, -0.2) is 26.3 Å². The normalized spacial score (nSPS) is 10.3. The maximum absolute atomic E-state index is 13.2. The molecule has 13 rings (SSSR count). The zero-order valence-electron chi connectivity index (χ0n) is 67.5. The van der Waals surface area contributed by atoms with Crippen molar-refractivity contribution in [3.63, 3.8) is 0 Å². The molecular formula is C91H60F20Ir5N13O4-2. The molecule has 0 fully saturated rings. The molecule has 0 saturated heterocycles. The Balaban J connectivity index is 0. The van der Waals surface area contributed by atoms with Crippen LogP contribution in [0.4, 0.5) is 105 Å². The number of halogens is 20. The molecule has 0 aliphatic rings. The number of hydrogen-bond acceptors (Lipinski definition) is 14. The third-order valence-electron chi connectivity index (χ3n) is 13.8. The Morgan fingerprint density at radius 2 is 0.737 bits per heavy atom. The van der Waals surface area contributed by atoms with E-state index in [1.165, 1.54) is 74.7 Å². The van der Waals surface area contributed by atoms with E-state index in [2.05, 4.69) is 112 Å². The molecule has 42 heteroatoms. The van der Waals surface area contributed by atoms with Crippen molar-refractivity contribution in [2.45, 2.75) is 33.1 Å². The minimum Gasteiger partial charge on any atom is -0.811 e. The van der Waals surface area contributed by atoms with Gasteiger partial charge in [-0.3, -0.25) is 54.7 Å². The molecule has 17 nitrogen and oxygen atoms in total. The van der Waals surface area contributed by atoms with Crippen LogP contribution in [0.2, 0.25) is 0 Å². The Morgan fingerprint density at radius 3 is 1.03 bits per heavy atom. The smallest absolute Gasteiger partial charge is 0.811 e. The van der Waals surface area contributed by atoms with Crippen molar-refractivity contribution in [1.82, 2.24) is 34.9 Å². The summed E-state index contributed by atoms with van der Waals surface area (Å²) in [5.41, 5.74) is 5.71. The van der Waals surface area contributed by atoms with E-state index in [1.807, 2.05) is 72.8 Å². The minimum absolute atomic E-state index is 0. The summed E-state index contributed by atoms with van der Waals surface area (Å²) in [4.78, 5) is 45.6. The van der Waals surface area contributed by atoms with Gasteiger partial charge in [-0.15, -0.1) is 132 Å². The molecule has 0 spiro atoms. The molecule has 0 aliphatic carbocycles. The Kier molecular flexibility index (Phi) is 60.5. The second-order valence-electron chi connectivity index (χ2n) is 23.6. The second kappa shape index (κ2) is 65.8. The largest absolute Gasteiger partial charge is 3.00 e. The van der Waals surface area contributed by atoms with E-state index in [9.17, 15) is 97.4 Å². The van der Waals surface area contributed by atoms with Gasteiger partial charge in [-0.1, -0.05) is 96.4 Å². The number of nitrogens with one attached hydrogen (secondary N) is 3. The number of carbonyl (C=O) groups is 2. The molecule has 0 bridgehead atoms. The molecule has 7 aromatic heterocycles. The maximum Gasteiger partial charge on any atom is 3.00 e. The number of benzene rings is 6. The number of aromatic nitrogens is 7. The van der Waals surface area contributed by atoms with E-state index < -0.39 is 112 Å². The van der Waals surface area contributed by atoms with Crippen LogP contribution in [0.1, 0.15) is 19.4 Å². The van der Waals surface area contributed by atoms with E-state index >= 15 is 0 Å².